The minimum absolute atomic E-state index is 0.114. The maximum absolute atomic E-state index is 10.7. The number of carboxylic acids is 1. The molecule has 0 amide bonds. The van der Waals surface area contributed by atoms with Crippen LogP contribution in [0.2, 0.25) is 5.02 Å². The average molecular weight is 259 g/mol. The second-order valence-electron chi connectivity index (χ2n) is 4.02. The molecule has 4 nitrogen and oxygen atoms in total. The zero-order valence-electron chi connectivity index (χ0n) is 9.90. The molecule has 0 radical (unpaired) electrons. The Bertz CT molecular complexity index is 429. The van der Waals surface area contributed by atoms with Gasteiger partial charge in [-0.3, -0.25) is 0 Å². The van der Waals surface area contributed by atoms with Crippen molar-refractivity contribution in [1.29, 1.82) is 0 Å². The van der Waals surface area contributed by atoms with Crippen molar-refractivity contribution < 1.29 is 19.7 Å². The summed E-state index contributed by atoms with van der Waals surface area (Å²) in [5.74, 6) is -0.674. The van der Waals surface area contributed by atoms with E-state index < -0.39 is 12.1 Å². The van der Waals surface area contributed by atoms with Crippen LogP contribution in [0, 0.1) is 0 Å². The van der Waals surface area contributed by atoms with Crippen molar-refractivity contribution in [1.82, 2.24) is 0 Å². The van der Waals surface area contributed by atoms with Gasteiger partial charge in [-0.1, -0.05) is 25.4 Å². The van der Waals surface area contributed by atoms with E-state index in [1.807, 2.05) is 13.8 Å². The molecule has 0 aliphatic rings. The molecular weight excluding hydrogens is 244 g/mol. The lowest BCUT2D eigenvalue weighted by Crippen LogP contribution is -2.11. The Labute approximate surface area is 105 Å². The summed E-state index contributed by atoms with van der Waals surface area (Å²) in [5.41, 5.74) is 1.03. The monoisotopic (exact) mass is 258 g/mol. The first-order chi connectivity index (χ1) is 7.88. The minimum atomic E-state index is -1.57. The first kappa shape index (κ1) is 13.8. The Balaban J connectivity index is 3.33. The molecule has 0 aromatic heterocycles. The number of halogens is 1. The molecule has 5 heteroatoms. The number of benzene rings is 1. The first-order valence-electron chi connectivity index (χ1n) is 5.16. The highest BCUT2D eigenvalue weighted by molar-refractivity contribution is 6.32. The quantitative estimate of drug-likeness (QED) is 0.871. The smallest absolute Gasteiger partial charge is 0.337 e. The molecule has 17 heavy (non-hydrogen) atoms. The predicted octanol–water partition coefficient (Wildman–Crippen LogP) is 2.59. The fraction of sp³-hybridized carbons (Fsp3) is 0.417. The van der Waals surface area contributed by atoms with Gasteiger partial charge in [0.05, 0.1) is 12.1 Å². The number of ether oxygens (including phenoxy) is 1. The fourth-order valence-corrected chi connectivity index (χ4v) is 1.89. The number of hydrogen-bond donors (Lipinski definition) is 2. The lowest BCUT2D eigenvalue weighted by molar-refractivity contribution is -0.146. The van der Waals surface area contributed by atoms with Crippen LogP contribution in [0.1, 0.15) is 37.0 Å². The van der Waals surface area contributed by atoms with Gasteiger partial charge in [-0.2, -0.15) is 0 Å². The number of hydrogen-bond acceptors (Lipinski definition) is 3. The zero-order chi connectivity index (χ0) is 13.2. The predicted molar refractivity (Wildman–Crippen MR) is 64.7 cm³/mol. The van der Waals surface area contributed by atoms with E-state index in [-0.39, 0.29) is 11.5 Å². The molecule has 2 N–H and O–H groups in total. The summed E-state index contributed by atoms with van der Waals surface area (Å²) >= 11 is 6.00. The van der Waals surface area contributed by atoms with Gasteiger partial charge in [-0.05, 0) is 29.2 Å². The summed E-state index contributed by atoms with van der Waals surface area (Å²) in [7, 11) is 1.50. The molecule has 0 saturated heterocycles. The number of rotatable bonds is 4. The Kier molecular flexibility index (Phi) is 4.37. The van der Waals surface area contributed by atoms with E-state index in [4.69, 9.17) is 21.4 Å². The highest BCUT2D eigenvalue weighted by atomic mass is 35.5. The summed E-state index contributed by atoms with van der Waals surface area (Å²) in [6.45, 7) is 3.87. The highest BCUT2D eigenvalue weighted by Gasteiger charge is 2.21. The normalized spacial score (nSPS) is 12.6. The molecule has 1 rings (SSSR count). The number of aliphatic hydroxyl groups is 1. The molecule has 0 heterocycles. The summed E-state index contributed by atoms with van der Waals surface area (Å²) in [5, 5.41) is 18.6. The number of aliphatic carboxylic acids is 1. The maximum Gasteiger partial charge on any atom is 0.337 e. The van der Waals surface area contributed by atoms with Crippen molar-refractivity contribution in [3.8, 4) is 5.75 Å². The number of carbonyl (C=O) groups is 1. The molecular formula is C12H15ClO4. The molecule has 0 saturated carbocycles. The number of methoxy groups -OCH3 is 1. The van der Waals surface area contributed by atoms with Gasteiger partial charge in [0.25, 0.3) is 0 Å². The topological polar surface area (TPSA) is 66.8 Å². The molecule has 0 fully saturated rings. The summed E-state index contributed by atoms with van der Waals surface area (Å²) in [4.78, 5) is 10.7. The zero-order valence-corrected chi connectivity index (χ0v) is 10.7. The highest BCUT2D eigenvalue weighted by Crippen LogP contribution is 2.36. The molecule has 0 bridgehead atoms. The molecule has 1 aromatic carbocycles. The van der Waals surface area contributed by atoms with Gasteiger partial charge >= 0.3 is 5.97 Å². The van der Waals surface area contributed by atoms with Crippen LogP contribution in [0.25, 0.3) is 0 Å². The fourth-order valence-electron chi connectivity index (χ4n) is 1.58. The van der Waals surface area contributed by atoms with Crippen LogP contribution in [0.3, 0.4) is 0 Å². The second kappa shape index (κ2) is 5.38. The van der Waals surface area contributed by atoms with E-state index in [9.17, 15) is 9.90 Å². The third-order valence-corrected chi connectivity index (χ3v) is 2.75. The molecule has 94 valence electrons. The minimum Gasteiger partial charge on any atom is -0.495 e. The Morgan fingerprint density at radius 1 is 1.41 bits per heavy atom. The summed E-state index contributed by atoms with van der Waals surface area (Å²) in [6.07, 6.45) is -1.57. The summed E-state index contributed by atoms with van der Waals surface area (Å²) in [6, 6.07) is 3.01. The number of carboxylic acid groups (broad SMARTS) is 1. The molecule has 0 aliphatic carbocycles. The Hall–Kier alpha value is -1.26. The van der Waals surface area contributed by atoms with Crippen molar-refractivity contribution in [3.05, 3.63) is 28.3 Å². The van der Waals surface area contributed by atoms with Gasteiger partial charge in [-0.15, -0.1) is 0 Å². The summed E-state index contributed by atoms with van der Waals surface area (Å²) < 4.78 is 5.17. The van der Waals surface area contributed by atoms with Crippen molar-refractivity contribution >= 4 is 17.6 Å². The SMILES string of the molecule is COc1c(Cl)cc(C(O)C(=O)O)cc1C(C)C. The van der Waals surface area contributed by atoms with Gasteiger partial charge in [0.15, 0.2) is 6.10 Å². The van der Waals surface area contributed by atoms with E-state index in [0.717, 1.165) is 5.56 Å². The number of aliphatic hydroxyl groups excluding tert-OH is 1. The largest absolute Gasteiger partial charge is 0.495 e. The van der Waals surface area contributed by atoms with Crippen LogP contribution < -0.4 is 4.74 Å². The third-order valence-electron chi connectivity index (χ3n) is 2.47. The van der Waals surface area contributed by atoms with Crippen molar-refractivity contribution in [2.75, 3.05) is 7.11 Å². The molecule has 0 aliphatic heterocycles. The molecule has 0 spiro atoms. The van der Waals surface area contributed by atoms with Crippen molar-refractivity contribution in [2.24, 2.45) is 0 Å². The second-order valence-corrected chi connectivity index (χ2v) is 4.43. The third kappa shape index (κ3) is 2.90. The van der Waals surface area contributed by atoms with Crippen LogP contribution in [0.15, 0.2) is 12.1 Å². The van der Waals surface area contributed by atoms with Crippen LogP contribution >= 0.6 is 11.6 Å². The molecule has 1 atom stereocenters. The average Bonchev–Trinajstić information content (AvgIpc) is 2.26. The van der Waals surface area contributed by atoms with E-state index in [1.165, 1.54) is 13.2 Å². The van der Waals surface area contributed by atoms with Crippen molar-refractivity contribution in [3.63, 3.8) is 0 Å². The molecule has 1 aromatic rings. The van der Waals surface area contributed by atoms with Gasteiger partial charge < -0.3 is 14.9 Å². The van der Waals surface area contributed by atoms with Gasteiger partial charge in [-0.25, -0.2) is 4.79 Å². The van der Waals surface area contributed by atoms with Gasteiger partial charge in [0.1, 0.15) is 5.75 Å². The van der Waals surface area contributed by atoms with E-state index >= 15 is 0 Å². The lowest BCUT2D eigenvalue weighted by atomic mass is 9.97. The van der Waals surface area contributed by atoms with Crippen molar-refractivity contribution in [2.45, 2.75) is 25.9 Å². The van der Waals surface area contributed by atoms with Gasteiger partial charge in [0.2, 0.25) is 0 Å². The maximum atomic E-state index is 10.7. The Morgan fingerprint density at radius 2 is 2.00 bits per heavy atom. The first-order valence-corrected chi connectivity index (χ1v) is 5.54. The van der Waals surface area contributed by atoms with Gasteiger partial charge in [0, 0.05) is 0 Å². The van der Waals surface area contributed by atoms with Crippen LogP contribution in [-0.4, -0.2) is 23.3 Å². The Morgan fingerprint density at radius 3 is 2.41 bits per heavy atom. The van der Waals surface area contributed by atoms with E-state index in [0.29, 0.717) is 10.8 Å². The molecule has 1 unspecified atom stereocenters. The van der Waals surface area contributed by atoms with E-state index in [1.54, 1.807) is 6.07 Å². The van der Waals surface area contributed by atoms with Crippen LogP contribution in [0.5, 0.6) is 5.75 Å². The van der Waals surface area contributed by atoms with Crippen LogP contribution in [0.4, 0.5) is 0 Å². The van der Waals surface area contributed by atoms with E-state index in [2.05, 4.69) is 0 Å². The van der Waals surface area contributed by atoms with Crippen LogP contribution in [-0.2, 0) is 4.79 Å². The standard InChI is InChI=1S/C12H15ClO4/c1-6(2)8-4-7(10(14)12(15)16)5-9(13)11(8)17-3/h4-6,10,14H,1-3H3,(H,15,16). The lowest BCUT2D eigenvalue weighted by Gasteiger charge is -2.16.